The summed E-state index contributed by atoms with van der Waals surface area (Å²) in [5.41, 5.74) is 4.49. The van der Waals surface area contributed by atoms with E-state index in [1.807, 2.05) is 36.4 Å². The highest BCUT2D eigenvalue weighted by Gasteiger charge is 2.06. The smallest absolute Gasteiger partial charge is 0.0766 e. The van der Waals surface area contributed by atoms with Gasteiger partial charge in [-0.3, -0.25) is 4.98 Å². The van der Waals surface area contributed by atoms with Gasteiger partial charge < -0.3 is 5.32 Å². The zero-order valence-electron chi connectivity index (χ0n) is 11.2. The summed E-state index contributed by atoms with van der Waals surface area (Å²) in [6.45, 7) is 2.83. The maximum Gasteiger partial charge on any atom is 0.0766 e. The number of fused-ring (bicyclic) bond motifs is 1. The summed E-state index contributed by atoms with van der Waals surface area (Å²) < 4.78 is 0. The maximum atomic E-state index is 6.21. The molecule has 0 radical (unpaired) electrons. The Morgan fingerprint density at radius 3 is 2.75 bits per heavy atom. The van der Waals surface area contributed by atoms with Crippen molar-refractivity contribution in [3.05, 3.63) is 70.9 Å². The molecule has 0 fully saturated rings. The minimum atomic E-state index is 0.732. The van der Waals surface area contributed by atoms with E-state index in [1.54, 1.807) is 6.20 Å². The van der Waals surface area contributed by atoms with Crippen LogP contribution in [-0.2, 0) is 6.54 Å². The number of benzene rings is 2. The number of anilines is 1. The van der Waals surface area contributed by atoms with E-state index in [2.05, 4.69) is 29.4 Å². The molecule has 0 amide bonds. The maximum absolute atomic E-state index is 6.21. The lowest BCUT2D eigenvalue weighted by atomic mass is 10.1. The highest BCUT2D eigenvalue weighted by Crippen LogP contribution is 2.25. The van der Waals surface area contributed by atoms with E-state index in [4.69, 9.17) is 11.6 Å². The molecule has 3 heteroatoms. The zero-order chi connectivity index (χ0) is 13.9. The van der Waals surface area contributed by atoms with Gasteiger partial charge in [-0.2, -0.15) is 0 Å². The van der Waals surface area contributed by atoms with Crippen molar-refractivity contribution in [3.8, 4) is 0 Å². The average Bonchev–Trinajstić information content (AvgIpc) is 2.48. The van der Waals surface area contributed by atoms with E-state index in [0.29, 0.717) is 0 Å². The summed E-state index contributed by atoms with van der Waals surface area (Å²) >= 11 is 6.21. The van der Waals surface area contributed by atoms with E-state index in [1.165, 1.54) is 5.56 Å². The Hall–Kier alpha value is -2.06. The van der Waals surface area contributed by atoms with Crippen molar-refractivity contribution in [1.82, 2.24) is 4.98 Å². The summed E-state index contributed by atoms with van der Waals surface area (Å²) in [6, 6.07) is 16.1. The van der Waals surface area contributed by atoms with Crippen molar-refractivity contribution >= 4 is 28.2 Å². The second-order valence-corrected chi connectivity index (χ2v) is 5.18. The molecule has 2 aromatic carbocycles. The number of rotatable bonds is 3. The van der Waals surface area contributed by atoms with E-state index in [0.717, 1.165) is 33.7 Å². The van der Waals surface area contributed by atoms with E-state index in [9.17, 15) is 0 Å². The lowest BCUT2D eigenvalue weighted by Crippen LogP contribution is -2.02. The van der Waals surface area contributed by atoms with Crippen LogP contribution in [0.25, 0.3) is 10.9 Å². The number of hydrogen-bond donors (Lipinski definition) is 1. The van der Waals surface area contributed by atoms with Crippen LogP contribution in [0.3, 0.4) is 0 Å². The Morgan fingerprint density at radius 2 is 1.90 bits per heavy atom. The molecule has 0 spiro atoms. The van der Waals surface area contributed by atoms with E-state index < -0.39 is 0 Å². The van der Waals surface area contributed by atoms with Gasteiger partial charge in [0.1, 0.15) is 0 Å². The first-order valence-corrected chi connectivity index (χ1v) is 6.95. The van der Waals surface area contributed by atoms with Gasteiger partial charge in [0.05, 0.1) is 5.52 Å². The molecule has 100 valence electrons. The van der Waals surface area contributed by atoms with Gasteiger partial charge in [0, 0.05) is 28.8 Å². The Kier molecular flexibility index (Phi) is 3.57. The minimum absolute atomic E-state index is 0.732. The third-order valence-electron chi connectivity index (χ3n) is 3.41. The van der Waals surface area contributed by atoms with Crippen LogP contribution in [-0.4, -0.2) is 4.98 Å². The van der Waals surface area contributed by atoms with E-state index >= 15 is 0 Å². The number of nitrogens with zero attached hydrogens (tertiary/aromatic N) is 1. The van der Waals surface area contributed by atoms with Gasteiger partial charge in [-0.05, 0) is 42.3 Å². The normalized spacial score (nSPS) is 10.7. The Labute approximate surface area is 123 Å². The Bertz CT molecular complexity index is 753. The molecule has 0 unspecified atom stereocenters. The molecule has 2 nitrogen and oxygen atoms in total. The first-order valence-electron chi connectivity index (χ1n) is 6.57. The van der Waals surface area contributed by atoms with Crippen LogP contribution in [0.4, 0.5) is 5.69 Å². The highest BCUT2D eigenvalue weighted by atomic mass is 35.5. The van der Waals surface area contributed by atoms with Crippen molar-refractivity contribution in [2.75, 3.05) is 5.32 Å². The predicted octanol–water partition coefficient (Wildman–Crippen LogP) is 4.81. The van der Waals surface area contributed by atoms with Gasteiger partial charge in [-0.1, -0.05) is 35.9 Å². The molecule has 20 heavy (non-hydrogen) atoms. The molecular formula is C17H15ClN2. The fourth-order valence-corrected chi connectivity index (χ4v) is 2.52. The quantitative estimate of drug-likeness (QED) is 0.746. The number of hydrogen-bond acceptors (Lipinski definition) is 2. The molecule has 0 aliphatic heterocycles. The first kappa shape index (κ1) is 12.9. The predicted molar refractivity (Wildman–Crippen MR) is 85.3 cm³/mol. The Morgan fingerprint density at radius 1 is 1.05 bits per heavy atom. The first-order chi connectivity index (χ1) is 9.75. The molecular weight excluding hydrogens is 268 g/mol. The van der Waals surface area contributed by atoms with Crippen molar-refractivity contribution in [3.63, 3.8) is 0 Å². The van der Waals surface area contributed by atoms with Crippen molar-refractivity contribution < 1.29 is 0 Å². The summed E-state index contributed by atoms with van der Waals surface area (Å²) in [7, 11) is 0. The molecule has 0 saturated carbocycles. The largest absolute Gasteiger partial charge is 0.381 e. The molecule has 0 atom stereocenters. The van der Waals surface area contributed by atoms with Crippen LogP contribution in [0.2, 0.25) is 5.02 Å². The second-order valence-electron chi connectivity index (χ2n) is 4.77. The highest BCUT2D eigenvalue weighted by molar-refractivity contribution is 6.35. The minimum Gasteiger partial charge on any atom is -0.381 e. The lowest BCUT2D eigenvalue weighted by Gasteiger charge is -2.11. The third kappa shape index (κ3) is 2.47. The van der Waals surface area contributed by atoms with Gasteiger partial charge in [-0.25, -0.2) is 0 Å². The van der Waals surface area contributed by atoms with Gasteiger partial charge in [0.15, 0.2) is 0 Å². The third-order valence-corrected chi connectivity index (χ3v) is 3.74. The van der Waals surface area contributed by atoms with Crippen LogP contribution in [0.5, 0.6) is 0 Å². The number of aryl methyl sites for hydroxylation is 1. The molecule has 0 aliphatic carbocycles. The summed E-state index contributed by atoms with van der Waals surface area (Å²) in [5.74, 6) is 0. The standard InChI is InChI=1S/C17H15ClN2/c1-12-5-2-3-7-16(12)20-11-13-8-9-15(18)14-6-4-10-19-17(13)14/h2-10,20H,11H2,1H3. The van der Waals surface area contributed by atoms with Gasteiger partial charge in [-0.15, -0.1) is 0 Å². The van der Waals surface area contributed by atoms with Gasteiger partial charge >= 0.3 is 0 Å². The summed E-state index contributed by atoms with van der Waals surface area (Å²) in [5, 5.41) is 5.20. The van der Waals surface area contributed by atoms with Crippen molar-refractivity contribution in [1.29, 1.82) is 0 Å². The van der Waals surface area contributed by atoms with Crippen LogP contribution < -0.4 is 5.32 Å². The van der Waals surface area contributed by atoms with E-state index in [-0.39, 0.29) is 0 Å². The number of halogens is 1. The number of para-hydroxylation sites is 1. The van der Waals surface area contributed by atoms with Crippen molar-refractivity contribution in [2.45, 2.75) is 13.5 Å². The molecule has 0 bridgehead atoms. The Balaban J connectivity index is 1.92. The SMILES string of the molecule is Cc1ccccc1NCc1ccc(Cl)c2cccnc12. The molecule has 0 aliphatic rings. The van der Waals surface area contributed by atoms with Gasteiger partial charge in [0.25, 0.3) is 0 Å². The zero-order valence-corrected chi connectivity index (χ0v) is 12.0. The topological polar surface area (TPSA) is 24.9 Å². The fraction of sp³-hybridized carbons (Fsp3) is 0.118. The van der Waals surface area contributed by atoms with Gasteiger partial charge in [0.2, 0.25) is 0 Å². The number of aromatic nitrogens is 1. The van der Waals surface area contributed by atoms with Crippen LogP contribution in [0.15, 0.2) is 54.7 Å². The number of nitrogens with one attached hydrogen (secondary N) is 1. The summed E-state index contributed by atoms with van der Waals surface area (Å²) in [4.78, 5) is 4.45. The monoisotopic (exact) mass is 282 g/mol. The lowest BCUT2D eigenvalue weighted by molar-refractivity contribution is 1.14. The average molecular weight is 283 g/mol. The molecule has 3 rings (SSSR count). The second kappa shape index (κ2) is 5.51. The summed E-state index contributed by atoms with van der Waals surface area (Å²) in [6.07, 6.45) is 1.80. The fourth-order valence-electron chi connectivity index (χ4n) is 2.30. The molecule has 1 heterocycles. The van der Waals surface area contributed by atoms with Crippen LogP contribution >= 0.6 is 11.6 Å². The molecule has 1 N–H and O–H groups in total. The molecule has 1 aromatic heterocycles. The van der Waals surface area contributed by atoms with Crippen LogP contribution in [0, 0.1) is 6.92 Å². The molecule has 0 saturated heterocycles. The van der Waals surface area contributed by atoms with Crippen LogP contribution in [0.1, 0.15) is 11.1 Å². The van der Waals surface area contributed by atoms with Crippen molar-refractivity contribution in [2.24, 2.45) is 0 Å². The number of pyridine rings is 1. The molecule has 3 aromatic rings.